The number of hydrogen-bond acceptors (Lipinski definition) is 3. The fraction of sp³-hybridized carbons (Fsp3) is 0.909. The number of aliphatic carboxylic acids is 1. The number of hydrogen-bond donors (Lipinski definition) is 1. The number of carbonyl (C=O) groups is 1. The first kappa shape index (κ1) is 15.2. The number of piperidine rings is 1. The van der Waals surface area contributed by atoms with Crippen LogP contribution in [0.1, 0.15) is 19.3 Å². The summed E-state index contributed by atoms with van der Waals surface area (Å²) < 4.78 is 39.8. The van der Waals surface area contributed by atoms with Crippen molar-refractivity contribution in [1.29, 1.82) is 0 Å². The van der Waals surface area contributed by atoms with Crippen LogP contribution in [0.3, 0.4) is 0 Å². The number of alkyl halides is 3. The van der Waals surface area contributed by atoms with Gasteiger partial charge < -0.3 is 14.7 Å². The fourth-order valence-corrected chi connectivity index (χ4v) is 1.98. The van der Waals surface area contributed by atoms with Crippen molar-refractivity contribution in [3.8, 4) is 0 Å². The molecule has 0 aromatic rings. The Morgan fingerprint density at radius 3 is 2.44 bits per heavy atom. The van der Waals surface area contributed by atoms with E-state index in [9.17, 15) is 18.0 Å². The molecule has 0 amide bonds. The van der Waals surface area contributed by atoms with Gasteiger partial charge in [0.05, 0.1) is 5.92 Å². The van der Waals surface area contributed by atoms with Crippen molar-refractivity contribution >= 4 is 5.97 Å². The van der Waals surface area contributed by atoms with Gasteiger partial charge in [0, 0.05) is 13.2 Å². The highest BCUT2D eigenvalue weighted by molar-refractivity contribution is 5.70. The monoisotopic (exact) mass is 269 g/mol. The molecule has 1 rings (SSSR count). The third-order valence-corrected chi connectivity index (χ3v) is 2.97. The SMILES string of the molecule is O=C(O)C1CCN(CCCOCC(F)(F)F)CC1. The Kier molecular flexibility index (Phi) is 5.87. The summed E-state index contributed by atoms with van der Waals surface area (Å²) in [5, 5.41) is 8.80. The van der Waals surface area contributed by atoms with Crippen LogP contribution in [0.5, 0.6) is 0 Å². The highest BCUT2D eigenvalue weighted by atomic mass is 19.4. The van der Waals surface area contributed by atoms with Gasteiger partial charge in [0.1, 0.15) is 6.61 Å². The number of ether oxygens (including phenoxy) is 1. The van der Waals surface area contributed by atoms with Crippen molar-refractivity contribution in [3.05, 3.63) is 0 Å². The molecule has 0 radical (unpaired) electrons. The van der Waals surface area contributed by atoms with Gasteiger partial charge in [-0.2, -0.15) is 13.2 Å². The molecule has 1 N–H and O–H groups in total. The van der Waals surface area contributed by atoms with E-state index >= 15 is 0 Å². The van der Waals surface area contributed by atoms with Crippen LogP contribution in [0.15, 0.2) is 0 Å². The molecule has 1 aliphatic rings. The molecule has 0 aromatic heterocycles. The minimum atomic E-state index is -4.26. The van der Waals surface area contributed by atoms with Crippen LogP contribution in [0.2, 0.25) is 0 Å². The summed E-state index contributed by atoms with van der Waals surface area (Å²) in [5.74, 6) is -1.04. The van der Waals surface area contributed by atoms with Crippen LogP contribution >= 0.6 is 0 Å². The summed E-state index contributed by atoms with van der Waals surface area (Å²) in [5.41, 5.74) is 0. The molecule has 0 bridgehead atoms. The molecule has 4 nitrogen and oxygen atoms in total. The third-order valence-electron chi connectivity index (χ3n) is 2.97. The van der Waals surface area contributed by atoms with Gasteiger partial charge >= 0.3 is 12.1 Å². The highest BCUT2D eigenvalue weighted by Gasteiger charge is 2.27. The number of likely N-dealkylation sites (tertiary alicyclic amines) is 1. The molecule has 0 atom stereocenters. The smallest absolute Gasteiger partial charge is 0.411 e. The molecule has 106 valence electrons. The Balaban J connectivity index is 2.03. The lowest BCUT2D eigenvalue weighted by Crippen LogP contribution is -2.37. The van der Waals surface area contributed by atoms with E-state index in [4.69, 9.17) is 5.11 Å². The summed E-state index contributed by atoms with van der Waals surface area (Å²) in [6, 6.07) is 0. The van der Waals surface area contributed by atoms with Gasteiger partial charge in [0.15, 0.2) is 0 Å². The molecule has 7 heteroatoms. The van der Waals surface area contributed by atoms with Gasteiger partial charge in [-0.05, 0) is 32.4 Å². The maximum atomic E-state index is 11.8. The number of carboxylic acid groups (broad SMARTS) is 1. The van der Waals surface area contributed by atoms with Crippen molar-refractivity contribution < 1.29 is 27.8 Å². The first-order valence-corrected chi connectivity index (χ1v) is 5.98. The average Bonchev–Trinajstić information content (AvgIpc) is 2.27. The molecular weight excluding hydrogens is 251 g/mol. The molecule has 1 fully saturated rings. The Bertz CT molecular complexity index is 263. The maximum Gasteiger partial charge on any atom is 0.411 e. The quantitative estimate of drug-likeness (QED) is 0.746. The van der Waals surface area contributed by atoms with E-state index < -0.39 is 18.8 Å². The van der Waals surface area contributed by atoms with Crippen molar-refractivity contribution in [3.63, 3.8) is 0 Å². The summed E-state index contributed by atoms with van der Waals surface area (Å²) in [4.78, 5) is 12.8. The molecule has 1 heterocycles. The van der Waals surface area contributed by atoms with Crippen LogP contribution in [0, 0.1) is 5.92 Å². The number of rotatable bonds is 6. The molecule has 1 aliphatic heterocycles. The standard InChI is InChI=1S/C11H18F3NO3/c12-11(13,14)8-18-7-1-4-15-5-2-9(3-6-15)10(16)17/h9H,1-8H2,(H,16,17). The van der Waals surface area contributed by atoms with Gasteiger partial charge in [0.25, 0.3) is 0 Å². The average molecular weight is 269 g/mol. The maximum absolute atomic E-state index is 11.8. The lowest BCUT2D eigenvalue weighted by molar-refractivity contribution is -0.174. The molecule has 0 aliphatic carbocycles. The predicted molar refractivity (Wildman–Crippen MR) is 58.3 cm³/mol. The van der Waals surface area contributed by atoms with Crippen molar-refractivity contribution in [2.75, 3.05) is 32.8 Å². The lowest BCUT2D eigenvalue weighted by Gasteiger charge is -2.29. The van der Waals surface area contributed by atoms with Gasteiger partial charge in [0.2, 0.25) is 0 Å². The Labute approximate surface area is 104 Å². The summed E-state index contributed by atoms with van der Waals surface area (Å²) in [6.07, 6.45) is -2.51. The highest BCUT2D eigenvalue weighted by Crippen LogP contribution is 2.17. The van der Waals surface area contributed by atoms with Gasteiger partial charge in [-0.15, -0.1) is 0 Å². The molecule has 18 heavy (non-hydrogen) atoms. The Morgan fingerprint density at radius 2 is 1.94 bits per heavy atom. The van der Waals surface area contributed by atoms with E-state index in [-0.39, 0.29) is 12.5 Å². The molecule has 0 aromatic carbocycles. The second-order valence-corrected chi connectivity index (χ2v) is 4.48. The van der Waals surface area contributed by atoms with E-state index in [0.29, 0.717) is 38.9 Å². The molecule has 1 saturated heterocycles. The summed E-state index contributed by atoms with van der Waals surface area (Å²) in [6.45, 7) is 0.920. The Morgan fingerprint density at radius 1 is 1.33 bits per heavy atom. The van der Waals surface area contributed by atoms with Crippen LogP contribution in [0.4, 0.5) is 13.2 Å². The second kappa shape index (κ2) is 6.94. The third kappa shape index (κ3) is 6.20. The van der Waals surface area contributed by atoms with E-state index in [1.807, 2.05) is 0 Å². The van der Waals surface area contributed by atoms with Crippen LogP contribution < -0.4 is 0 Å². The predicted octanol–water partition coefficient (Wildman–Crippen LogP) is 1.75. The minimum Gasteiger partial charge on any atom is -0.481 e. The second-order valence-electron chi connectivity index (χ2n) is 4.48. The molecule has 0 saturated carbocycles. The van der Waals surface area contributed by atoms with E-state index in [0.717, 1.165) is 0 Å². The van der Waals surface area contributed by atoms with Crippen molar-refractivity contribution in [2.24, 2.45) is 5.92 Å². The van der Waals surface area contributed by atoms with Crippen molar-refractivity contribution in [2.45, 2.75) is 25.4 Å². The van der Waals surface area contributed by atoms with Gasteiger partial charge in [-0.25, -0.2) is 0 Å². The first-order chi connectivity index (χ1) is 8.38. The van der Waals surface area contributed by atoms with Crippen LogP contribution in [-0.4, -0.2) is 55.0 Å². The molecular formula is C11H18F3NO3. The topological polar surface area (TPSA) is 49.8 Å². The first-order valence-electron chi connectivity index (χ1n) is 5.98. The minimum absolute atomic E-state index is 0.0817. The Hall–Kier alpha value is -0.820. The summed E-state index contributed by atoms with van der Waals surface area (Å²) in [7, 11) is 0. The van der Waals surface area contributed by atoms with Gasteiger partial charge in [-0.3, -0.25) is 4.79 Å². The van der Waals surface area contributed by atoms with Crippen LogP contribution in [0.25, 0.3) is 0 Å². The largest absolute Gasteiger partial charge is 0.481 e. The number of carboxylic acids is 1. The van der Waals surface area contributed by atoms with Crippen molar-refractivity contribution in [1.82, 2.24) is 4.90 Å². The number of nitrogens with zero attached hydrogens (tertiary/aromatic N) is 1. The zero-order valence-electron chi connectivity index (χ0n) is 10.1. The van der Waals surface area contributed by atoms with E-state index in [1.54, 1.807) is 0 Å². The van der Waals surface area contributed by atoms with E-state index in [2.05, 4.69) is 9.64 Å². The summed E-state index contributed by atoms with van der Waals surface area (Å²) >= 11 is 0. The molecule has 0 spiro atoms. The van der Waals surface area contributed by atoms with Crippen LogP contribution in [-0.2, 0) is 9.53 Å². The van der Waals surface area contributed by atoms with E-state index in [1.165, 1.54) is 0 Å². The lowest BCUT2D eigenvalue weighted by atomic mass is 9.97. The zero-order chi connectivity index (χ0) is 13.6. The van der Waals surface area contributed by atoms with Gasteiger partial charge in [-0.1, -0.05) is 0 Å². The number of halogens is 3. The normalized spacial score (nSPS) is 19.1. The fourth-order valence-electron chi connectivity index (χ4n) is 1.98. The molecule has 0 unspecified atom stereocenters. The zero-order valence-corrected chi connectivity index (χ0v) is 10.1.